The highest BCUT2D eigenvalue weighted by molar-refractivity contribution is 5.67. The van der Waals surface area contributed by atoms with Crippen molar-refractivity contribution < 1.29 is 27.8 Å². The van der Waals surface area contributed by atoms with E-state index in [9.17, 15) is 22.8 Å². The molecule has 2 N–H and O–H groups in total. The molecule has 1 aromatic heterocycles. The monoisotopic (exact) mass is 447 g/mol. The Morgan fingerprint density at radius 3 is 2.47 bits per heavy atom. The molecule has 0 fully saturated rings. The van der Waals surface area contributed by atoms with E-state index in [1.54, 1.807) is 31.2 Å². The molecule has 0 spiro atoms. The number of halogens is 3. The minimum Gasteiger partial charge on any atom is -0.495 e. The van der Waals surface area contributed by atoms with Crippen LogP contribution in [0.4, 0.5) is 24.7 Å². The SMILES string of the molecule is COc1cc(C(F)(F)F)ccc1Nc1nc(C)cn(-c2ccc(CCC(=O)O)cc2)c1=O. The lowest BCUT2D eigenvalue weighted by molar-refractivity contribution is -0.138. The number of benzene rings is 2. The molecule has 0 bridgehead atoms. The first kappa shape index (κ1) is 22.9. The van der Waals surface area contributed by atoms with E-state index < -0.39 is 23.3 Å². The molecule has 1 heterocycles. The van der Waals surface area contributed by atoms with Crippen molar-refractivity contribution in [2.75, 3.05) is 12.4 Å². The second-order valence-corrected chi connectivity index (χ2v) is 7.00. The zero-order chi connectivity index (χ0) is 23.5. The van der Waals surface area contributed by atoms with Crippen molar-refractivity contribution in [2.24, 2.45) is 0 Å². The number of hydrogen-bond acceptors (Lipinski definition) is 5. The third kappa shape index (κ3) is 5.26. The molecule has 3 rings (SSSR count). The number of nitrogens with one attached hydrogen (secondary N) is 1. The molecule has 32 heavy (non-hydrogen) atoms. The van der Waals surface area contributed by atoms with E-state index in [0.29, 0.717) is 17.8 Å². The van der Waals surface area contributed by atoms with Crippen LogP contribution >= 0.6 is 0 Å². The number of alkyl halides is 3. The molecule has 10 heteroatoms. The molecular weight excluding hydrogens is 427 g/mol. The van der Waals surface area contributed by atoms with Gasteiger partial charge < -0.3 is 15.2 Å². The molecule has 0 saturated carbocycles. The number of carbonyl (C=O) groups is 1. The number of carboxylic acid groups (broad SMARTS) is 1. The number of aryl methyl sites for hydroxylation is 2. The van der Waals surface area contributed by atoms with Crippen molar-refractivity contribution in [1.82, 2.24) is 9.55 Å². The van der Waals surface area contributed by atoms with Crippen molar-refractivity contribution >= 4 is 17.5 Å². The van der Waals surface area contributed by atoms with Gasteiger partial charge in [-0.3, -0.25) is 14.2 Å². The Kier molecular flexibility index (Phi) is 6.52. The molecule has 0 amide bonds. The summed E-state index contributed by atoms with van der Waals surface area (Å²) in [6, 6.07) is 9.72. The lowest BCUT2D eigenvalue weighted by Crippen LogP contribution is -2.23. The average molecular weight is 447 g/mol. The topological polar surface area (TPSA) is 93.4 Å². The number of carboxylic acids is 1. The second-order valence-electron chi connectivity index (χ2n) is 7.00. The number of ether oxygens (including phenoxy) is 1. The maximum atomic E-state index is 13.0. The Hall–Kier alpha value is -3.82. The number of rotatable bonds is 7. The first-order valence-electron chi connectivity index (χ1n) is 9.52. The molecule has 0 radical (unpaired) electrons. The van der Waals surface area contributed by atoms with Crippen LogP contribution in [0.5, 0.6) is 5.75 Å². The summed E-state index contributed by atoms with van der Waals surface area (Å²) in [5, 5.41) is 11.6. The molecule has 0 aliphatic heterocycles. The van der Waals surface area contributed by atoms with Gasteiger partial charge in [-0.05, 0) is 49.2 Å². The van der Waals surface area contributed by atoms with Crippen LogP contribution in [0.15, 0.2) is 53.5 Å². The molecule has 2 aromatic carbocycles. The lowest BCUT2D eigenvalue weighted by Gasteiger charge is -2.15. The van der Waals surface area contributed by atoms with Crippen LogP contribution in [0.25, 0.3) is 5.69 Å². The first-order valence-corrected chi connectivity index (χ1v) is 9.52. The number of anilines is 2. The van der Waals surface area contributed by atoms with Crippen LogP contribution in [0.1, 0.15) is 23.2 Å². The number of nitrogens with zero attached hydrogens (tertiary/aromatic N) is 2. The predicted molar refractivity (Wildman–Crippen MR) is 112 cm³/mol. The van der Waals surface area contributed by atoms with Gasteiger partial charge in [0.05, 0.1) is 24.1 Å². The largest absolute Gasteiger partial charge is 0.495 e. The Balaban J connectivity index is 1.94. The van der Waals surface area contributed by atoms with Gasteiger partial charge in [0.15, 0.2) is 5.82 Å². The number of hydrogen-bond donors (Lipinski definition) is 2. The van der Waals surface area contributed by atoms with Gasteiger partial charge >= 0.3 is 12.1 Å². The molecule has 0 atom stereocenters. The molecule has 0 saturated heterocycles. The van der Waals surface area contributed by atoms with Crippen molar-refractivity contribution in [3.05, 3.63) is 75.8 Å². The van der Waals surface area contributed by atoms with Gasteiger partial charge in [0.1, 0.15) is 5.75 Å². The highest BCUT2D eigenvalue weighted by atomic mass is 19.4. The molecule has 168 valence electrons. The summed E-state index contributed by atoms with van der Waals surface area (Å²) < 4.78 is 45.3. The van der Waals surface area contributed by atoms with Crippen molar-refractivity contribution in [1.29, 1.82) is 0 Å². The van der Waals surface area contributed by atoms with Crippen molar-refractivity contribution in [2.45, 2.75) is 25.9 Å². The Labute approximate surface area is 181 Å². The van der Waals surface area contributed by atoms with Crippen LogP contribution < -0.4 is 15.6 Å². The van der Waals surface area contributed by atoms with Crippen LogP contribution in [0.3, 0.4) is 0 Å². The standard InChI is InChI=1S/C22H20F3N3O4/c1-13-12-28(16-7-3-14(4-8-16)5-10-19(29)30)21(31)20(26-13)27-17-9-6-15(22(23,24)25)11-18(17)32-2/h3-4,6-9,11-12H,5,10H2,1-2H3,(H,26,27)(H,29,30). The smallest absolute Gasteiger partial charge is 0.416 e. The van der Waals surface area contributed by atoms with Gasteiger partial charge in [0, 0.05) is 18.3 Å². The summed E-state index contributed by atoms with van der Waals surface area (Å²) in [7, 11) is 1.23. The summed E-state index contributed by atoms with van der Waals surface area (Å²) in [6.45, 7) is 1.67. The fourth-order valence-electron chi connectivity index (χ4n) is 3.06. The zero-order valence-electron chi connectivity index (χ0n) is 17.2. The molecule has 7 nitrogen and oxygen atoms in total. The van der Waals surface area contributed by atoms with E-state index in [4.69, 9.17) is 9.84 Å². The number of aromatic nitrogens is 2. The third-order valence-electron chi connectivity index (χ3n) is 4.65. The average Bonchev–Trinajstić information content (AvgIpc) is 2.74. The van der Waals surface area contributed by atoms with Gasteiger partial charge in [-0.2, -0.15) is 13.2 Å². The van der Waals surface area contributed by atoms with E-state index in [1.165, 1.54) is 23.9 Å². The quantitative estimate of drug-likeness (QED) is 0.560. The minimum absolute atomic E-state index is 0.00328. The predicted octanol–water partition coefficient (Wildman–Crippen LogP) is 4.33. The van der Waals surface area contributed by atoms with E-state index in [2.05, 4.69) is 10.3 Å². The molecule has 0 aliphatic rings. The Bertz CT molecular complexity index is 1190. The summed E-state index contributed by atoms with van der Waals surface area (Å²) in [6.07, 6.45) is -2.64. The number of aliphatic carboxylic acids is 1. The maximum absolute atomic E-state index is 13.0. The summed E-state index contributed by atoms with van der Waals surface area (Å²) >= 11 is 0. The molecular formula is C22H20F3N3O4. The van der Waals surface area contributed by atoms with Crippen LogP contribution in [-0.4, -0.2) is 27.7 Å². The molecule has 3 aromatic rings. The van der Waals surface area contributed by atoms with Crippen LogP contribution in [-0.2, 0) is 17.4 Å². The van der Waals surface area contributed by atoms with Gasteiger partial charge in [-0.15, -0.1) is 0 Å². The zero-order valence-corrected chi connectivity index (χ0v) is 17.2. The van der Waals surface area contributed by atoms with Gasteiger partial charge in [-0.1, -0.05) is 12.1 Å². The highest BCUT2D eigenvalue weighted by Gasteiger charge is 2.31. The first-order chi connectivity index (χ1) is 15.1. The Morgan fingerprint density at radius 1 is 1.19 bits per heavy atom. The fraction of sp³-hybridized carbons (Fsp3) is 0.227. The Morgan fingerprint density at radius 2 is 1.88 bits per heavy atom. The second kappa shape index (κ2) is 9.13. The van der Waals surface area contributed by atoms with Gasteiger partial charge in [-0.25, -0.2) is 4.98 Å². The maximum Gasteiger partial charge on any atom is 0.416 e. The number of methoxy groups -OCH3 is 1. The van der Waals surface area contributed by atoms with Crippen molar-refractivity contribution in [3.8, 4) is 11.4 Å². The van der Waals surface area contributed by atoms with Gasteiger partial charge in [0.25, 0.3) is 5.56 Å². The normalized spacial score (nSPS) is 11.3. The van der Waals surface area contributed by atoms with E-state index >= 15 is 0 Å². The van der Waals surface area contributed by atoms with Gasteiger partial charge in [0.2, 0.25) is 0 Å². The summed E-state index contributed by atoms with van der Waals surface area (Å²) in [5.74, 6) is -1.07. The highest BCUT2D eigenvalue weighted by Crippen LogP contribution is 2.35. The lowest BCUT2D eigenvalue weighted by atomic mass is 10.1. The van der Waals surface area contributed by atoms with Crippen LogP contribution in [0.2, 0.25) is 0 Å². The van der Waals surface area contributed by atoms with E-state index in [0.717, 1.165) is 17.7 Å². The van der Waals surface area contributed by atoms with E-state index in [-0.39, 0.29) is 23.7 Å². The summed E-state index contributed by atoms with van der Waals surface area (Å²) in [5.41, 5.74) is 0.595. The fourth-order valence-corrected chi connectivity index (χ4v) is 3.06. The minimum atomic E-state index is -4.53. The molecule has 0 aliphatic carbocycles. The molecule has 0 unspecified atom stereocenters. The third-order valence-corrected chi connectivity index (χ3v) is 4.65. The summed E-state index contributed by atoms with van der Waals surface area (Å²) in [4.78, 5) is 27.9. The van der Waals surface area contributed by atoms with Crippen LogP contribution in [0, 0.1) is 6.92 Å². The van der Waals surface area contributed by atoms with Crippen molar-refractivity contribution in [3.63, 3.8) is 0 Å². The van der Waals surface area contributed by atoms with E-state index in [1.807, 2.05) is 0 Å².